The smallest absolute Gasteiger partial charge is 0.262 e. The molecule has 0 unspecified atom stereocenters. The molecule has 0 bridgehead atoms. The van der Waals surface area contributed by atoms with Gasteiger partial charge in [0.2, 0.25) is 0 Å². The molecule has 0 aliphatic heterocycles. The molecule has 0 radical (unpaired) electrons. The second-order valence-electron chi connectivity index (χ2n) is 6.56. The van der Waals surface area contributed by atoms with Gasteiger partial charge in [-0.25, -0.2) is 4.98 Å². The average molecular weight is 457 g/mol. The largest absolute Gasteiger partial charge is 0.491 e. The molecule has 4 aromatic rings. The lowest BCUT2D eigenvalue weighted by atomic mass is 10.2. The number of hydrogen-bond acceptors (Lipinski definition) is 4. The van der Waals surface area contributed by atoms with Crippen LogP contribution in [0.15, 0.2) is 82.7 Å². The molecule has 0 amide bonds. The molecular formula is C23H18Cl2N2O2S. The summed E-state index contributed by atoms with van der Waals surface area (Å²) in [5, 5.41) is 2.31. The molecule has 0 aliphatic rings. The van der Waals surface area contributed by atoms with Gasteiger partial charge in [-0.2, -0.15) is 0 Å². The molecule has 7 heteroatoms. The van der Waals surface area contributed by atoms with Crippen molar-refractivity contribution in [1.29, 1.82) is 0 Å². The fraction of sp³-hybridized carbons (Fsp3) is 0.130. The normalized spacial score (nSPS) is 11.0. The number of nitrogens with zero attached hydrogens (tertiary/aromatic N) is 2. The predicted molar refractivity (Wildman–Crippen MR) is 124 cm³/mol. The van der Waals surface area contributed by atoms with Gasteiger partial charge in [-0.05, 0) is 35.9 Å². The Morgan fingerprint density at radius 3 is 2.53 bits per heavy atom. The minimum atomic E-state index is -0.0476. The van der Waals surface area contributed by atoms with E-state index in [1.807, 2.05) is 54.6 Å². The summed E-state index contributed by atoms with van der Waals surface area (Å²) in [7, 11) is 0. The highest BCUT2D eigenvalue weighted by atomic mass is 35.5. The molecule has 152 valence electrons. The van der Waals surface area contributed by atoms with Gasteiger partial charge in [-0.3, -0.25) is 9.36 Å². The number of thioether (sulfide) groups is 1. The number of aromatic nitrogens is 2. The monoisotopic (exact) mass is 456 g/mol. The van der Waals surface area contributed by atoms with Crippen LogP contribution >= 0.6 is 35.0 Å². The van der Waals surface area contributed by atoms with Crippen LogP contribution in [0.5, 0.6) is 5.75 Å². The molecule has 4 rings (SSSR count). The Morgan fingerprint density at radius 1 is 0.967 bits per heavy atom. The van der Waals surface area contributed by atoms with Crippen LogP contribution in [0.3, 0.4) is 0 Å². The van der Waals surface area contributed by atoms with Crippen LogP contribution < -0.4 is 10.3 Å². The summed E-state index contributed by atoms with van der Waals surface area (Å²) in [6.07, 6.45) is 0. The van der Waals surface area contributed by atoms with Crippen molar-refractivity contribution in [3.63, 3.8) is 0 Å². The number of benzene rings is 3. The third-order valence-corrected chi connectivity index (χ3v) is 5.95. The van der Waals surface area contributed by atoms with Gasteiger partial charge in [0, 0.05) is 10.8 Å². The Hall–Kier alpha value is -2.47. The Labute approximate surface area is 188 Å². The Bertz CT molecular complexity index is 1230. The number of halogens is 2. The number of para-hydroxylation sites is 1. The zero-order valence-corrected chi connectivity index (χ0v) is 18.3. The van der Waals surface area contributed by atoms with Gasteiger partial charge in [0.1, 0.15) is 5.75 Å². The van der Waals surface area contributed by atoms with E-state index in [1.165, 1.54) is 11.8 Å². The van der Waals surface area contributed by atoms with E-state index in [9.17, 15) is 4.79 Å². The van der Waals surface area contributed by atoms with Gasteiger partial charge in [-0.15, -0.1) is 0 Å². The minimum absolute atomic E-state index is 0.0476. The van der Waals surface area contributed by atoms with Crippen LogP contribution in [0.2, 0.25) is 10.0 Å². The molecule has 4 nitrogen and oxygen atoms in total. The van der Waals surface area contributed by atoms with Crippen molar-refractivity contribution in [3.05, 3.63) is 98.8 Å². The third-order valence-electron chi connectivity index (χ3n) is 4.48. The van der Waals surface area contributed by atoms with Crippen molar-refractivity contribution < 1.29 is 4.74 Å². The Balaban J connectivity index is 1.55. The van der Waals surface area contributed by atoms with Gasteiger partial charge in [0.05, 0.1) is 29.1 Å². The van der Waals surface area contributed by atoms with Gasteiger partial charge in [0.15, 0.2) is 5.16 Å². The maximum atomic E-state index is 13.1. The number of ether oxygens (including phenoxy) is 1. The van der Waals surface area contributed by atoms with Crippen molar-refractivity contribution >= 4 is 45.9 Å². The molecule has 0 saturated carbocycles. The van der Waals surface area contributed by atoms with Crippen molar-refractivity contribution in [2.45, 2.75) is 11.7 Å². The SMILES string of the molecule is O=c1c2ccccc2nc(SCCOc2ccc(Cl)cc2Cl)n1Cc1ccccc1. The van der Waals surface area contributed by atoms with E-state index in [0.717, 1.165) is 5.56 Å². The number of rotatable bonds is 7. The lowest BCUT2D eigenvalue weighted by Gasteiger charge is -2.14. The third kappa shape index (κ3) is 4.81. The van der Waals surface area contributed by atoms with Gasteiger partial charge < -0.3 is 4.74 Å². The molecule has 1 heterocycles. The first-order valence-corrected chi connectivity index (χ1v) is 11.1. The van der Waals surface area contributed by atoms with Gasteiger partial charge in [0.25, 0.3) is 5.56 Å². The summed E-state index contributed by atoms with van der Waals surface area (Å²) in [5.41, 5.74) is 1.69. The second-order valence-corrected chi connectivity index (χ2v) is 8.47. The number of hydrogen-bond donors (Lipinski definition) is 0. The van der Waals surface area contributed by atoms with Crippen LogP contribution in [-0.4, -0.2) is 21.9 Å². The minimum Gasteiger partial charge on any atom is -0.491 e. The molecule has 1 aromatic heterocycles. The summed E-state index contributed by atoms with van der Waals surface area (Å²) in [4.78, 5) is 17.9. The molecule has 0 N–H and O–H groups in total. The highest BCUT2D eigenvalue weighted by Crippen LogP contribution is 2.28. The lowest BCUT2D eigenvalue weighted by Crippen LogP contribution is -2.24. The maximum absolute atomic E-state index is 13.1. The molecule has 0 spiro atoms. The Morgan fingerprint density at radius 2 is 1.73 bits per heavy atom. The first-order chi connectivity index (χ1) is 14.6. The standard InChI is InChI=1S/C23H18Cl2N2O2S/c24-17-10-11-21(19(25)14-17)29-12-13-30-23-26-20-9-5-4-8-18(20)22(28)27(23)15-16-6-2-1-3-7-16/h1-11,14H,12-13,15H2. The Kier molecular flexibility index (Phi) is 6.62. The van der Waals surface area contributed by atoms with E-state index in [2.05, 4.69) is 0 Å². The van der Waals surface area contributed by atoms with Crippen LogP contribution in [0.1, 0.15) is 5.56 Å². The van der Waals surface area contributed by atoms with Crippen LogP contribution in [0.25, 0.3) is 10.9 Å². The van der Waals surface area contributed by atoms with E-state index in [4.69, 9.17) is 32.9 Å². The zero-order chi connectivity index (χ0) is 20.9. The molecule has 0 saturated heterocycles. The zero-order valence-electron chi connectivity index (χ0n) is 15.9. The topological polar surface area (TPSA) is 44.1 Å². The summed E-state index contributed by atoms with van der Waals surface area (Å²) >= 11 is 13.6. The number of fused-ring (bicyclic) bond motifs is 1. The summed E-state index contributed by atoms with van der Waals surface area (Å²) in [6.45, 7) is 0.879. The van der Waals surface area contributed by atoms with E-state index < -0.39 is 0 Å². The fourth-order valence-corrected chi connectivity index (χ4v) is 4.32. The highest BCUT2D eigenvalue weighted by Gasteiger charge is 2.12. The van der Waals surface area contributed by atoms with Crippen LogP contribution in [-0.2, 0) is 6.54 Å². The average Bonchev–Trinajstić information content (AvgIpc) is 2.75. The first-order valence-electron chi connectivity index (χ1n) is 9.36. The van der Waals surface area contributed by atoms with E-state index >= 15 is 0 Å². The quantitative estimate of drug-likeness (QED) is 0.196. The van der Waals surface area contributed by atoms with Crippen molar-refractivity contribution in [3.8, 4) is 5.75 Å². The van der Waals surface area contributed by atoms with Crippen molar-refractivity contribution in [1.82, 2.24) is 9.55 Å². The van der Waals surface area contributed by atoms with Gasteiger partial charge >= 0.3 is 0 Å². The molecule has 30 heavy (non-hydrogen) atoms. The second kappa shape index (κ2) is 9.56. The summed E-state index contributed by atoms with van der Waals surface area (Å²) in [5.74, 6) is 1.19. The van der Waals surface area contributed by atoms with Crippen molar-refractivity contribution in [2.75, 3.05) is 12.4 Å². The predicted octanol–water partition coefficient (Wildman–Crippen LogP) is 5.92. The lowest BCUT2D eigenvalue weighted by molar-refractivity contribution is 0.344. The molecule has 3 aromatic carbocycles. The van der Waals surface area contributed by atoms with E-state index in [-0.39, 0.29) is 5.56 Å². The molecule has 0 atom stereocenters. The van der Waals surface area contributed by atoms with Crippen molar-refractivity contribution in [2.24, 2.45) is 0 Å². The maximum Gasteiger partial charge on any atom is 0.262 e. The summed E-state index contributed by atoms with van der Waals surface area (Å²) in [6, 6.07) is 22.4. The highest BCUT2D eigenvalue weighted by molar-refractivity contribution is 7.99. The van der Waals surface area contributed by atoms with Gasteiger partial charge in [-0.1, -0.05) is 77.4 Å². The first kappa shape index (κ1) is 20.8. The summed E-state index contributed by atoms with van der Waals surface area (Å²) < 4.78 is 7.48. The van der Waals surface area contributed by atoms with E-state index in [1.54, 1.807) is 22.8 Å². The fourth-order valence-electron chi connectivity index (χ4n) is 3.04. The molecule has 0 fully saturated rings. The molecule has 0 aliphatic carbocycles. The van der Waals surface area contributed by atoms with Crippen LogP contribution in [0.4, 0.5) is 0 Å². The van der Waals surface area contributed by atoms with E-state index in [0.29, 0.717) is 50.8 Å². The molecular weight excluding hydrogens is 439 g/mol. The van der Waals surface area contributed by atoms with Crippen LogP contribution in [0, 0.1) is 0 Å².